The molecular weight excluding hydrogens is 284 g/mol. The summed E-state index contributed by atoms with van der Waals surface area (Å²) in [7, 11) is -3.09. The van der Waals surface area contributed by atoms with E-state index in [1.54, 1.807) is 12.1 Å². The maximum absolute atomic E-state index is 12.1. The molecule has 0 unspecified atom stereocenters. The van der Waals surface area contributed by atoms with Crippen molar-refractivity contribution in [3.8, 4) is 0 Å². The first kappa shape index (κ1) is 15.4. The van der Waals surface area contributed by atoms with E-state index in [1.165, 1.54) is 0 Å². The Morgan fingerprint density at radius 2 is 1.19 bits per heavy atom. The minimum Gasteiger partial charge on any atom is -0.399 e. The van der Waals surface area contributed by atoms with Gasteiger partial charge in [-0.1, -0.05) is 24.3 Å². The van der Waals surface area contributed by atoms with Gasteiger partial charge in [-0.2, -0.15) is 0 Å². The topological polar surface area (TPSA) is 86.2 Å². The number of nitrogen functional groups attached to an aromatic ring is 2. The standard InChI is InChI=1S/C16H20N2O2S/c17-15-5-1-3-13(11-15)7-9-21(19,20)10-8-14-4-2-6-16(18)12-14/h1-6,11-12H,7-10,17-18H2. The van der Waals surface area contributed by atoms with Gasteiger partial charge in [0.1, 0.15) is 0 Å². The third-order valence-corrected chi connectivity index (χ3v) is 4.96. The van der Waals surface area contributed by atoms with E-state index in [9.17, 15) is 8.42 Å². The van der Waals surface area contributed by atoms with E-state index in [-0.39, 0.29) is 11.5 Å². The van der Waals surface area contributed by atoms with Gasteiger partial charge in [0.2, 0.25) is 0 Å². The third-order valence-electron chi connectivity index (χ3n) is 3.31. The lowest BCUT2D eigenvalue weighted by Gasteiger charge is -2.06. The number of benzene rings is 2. The van der Waals surface area contributed by atoms with Crippen molar-refractivity contribution in [2.75, 3.05) is 23.0 Å². The van der Waals surface area contributed by atoms with Crippen LogP contribution in [0.25, 0.3) is 0 Å². The van der Waals surface area contributed by atoms with E-state index in [0.29, 0.717) is 24.2 Å². The molecule has 0 saturated carbocycles. The van der Waals surface area contributed by atoms with Crippen molar-refractivity contribution in [3.63, 3.8) is 0 Å². The number of rotatable bonds is 6. The molecule has 2 aromatic carbocycles. The summed E-state index contributed by atoms with van der Waals surface area (Å²) in [6.45, 7) is 0. The molecule has 21 heavy (non-hydrogen) atoms. The van der Waals surface area contributed by atoms with Gasteiger partial charge < -0.3 is 11.5 Å². The average molecular weight is 304 g/mol. The largest absolute Gasteiger partial charge is 0.399 e. The molecule has 4 N–H and O–H groups in total. The smallest absolute Gasteiger partial charge is 0.150 e. The summed E-state index contributed by atoms with van der Waals surface area (Å²) in [5.74, 6) is 0.275. The lowest BCUT2D eigenvalue weighted by Crippen LogP contribution is -2.15. The predicted octanol–water partition coefficient (Wildman–Crippen LogP) is 2.05. The van der Waals surface area contributed by atoms with Gasteiger partial charge in [-0.05, 0) is 48.2 Å². The zero-order valence-electron chi connectivity index (χ0n) is 11.8. The van der Waals surface area contributed by atoms with Crippen LogP contribution in [-0.4, -0.2) is 19.9 Å². The van der Waals surface area contributed by atoms with E-state index in [2.05, 4.69) is 0 Å². The van der Waals surface area contributed by atoms with Crippen molar-refractivity contribution in [2.45, 2.75) is 12.8 Å². The summed E-state index contributed by atoms with van der Waals surface area (Å²) in [6.07, 6.45) is 0.981. The zero-order valence-corrected chi connectivity index (χ0v) is 12.6. The molecule has 4 nitrogen and oxygen atoms in total. The maximum Gasteiger partial charge on any atom is 0.150 e. The highest BCUT2D eigenvalue weighted by molar-refractivity contribution is 7.91. The van der Waals surface area contributed by atoms with E-state index in [1.807, 2.05) is 36.4 Å². The van der Waals surface area contributed by atoms with Gasteiger partial charge in [0.25, 0.3) is 0 Å². The van der Waals surface area contributed by atoms with Crippen molar-refractivity contribution in [1.82, 2.24) is 0 Å². The maximum atomic E-state index is 12.1. The molecule has 2 aromatic rings. The van der Waals surface area contributed by atoms with E-state index in [4.69, 9.17) is 11.5 Å². The normalized spacial score (nSPS) is 11.4. The van der Waals surface area contributed by atoms with Crippen LogP contribution in [0.5, 0.6) is 0 Å². The van der Waals surface area contributed by atoms with Crippen molar-refractivity contribution in [2.24, 2.45) is 0 Å². The predicted molar refractivity (Wildman–Crippen MR) is 87.8 cm³/mol. The number of aryl methyl sites for hydroxylation is 2. The summed E-state index contributed by atoms with van der Waals surface area (Å²) in [4.78, 5) is 0. The zero-order chi connectivity index (χ0) is 15.3. The molecule has 5 heteroatoms. The Morgan fingerprint density at radius 1 is 0.762 bits per heavy atom. The first-order valence-corrected chi connectivity index (χ1v) is 8.66. The van der Waals surface area contributed by atoms with Crippen molar-refractivity contribution >= 4 is 21.2 Å². The van der Waals surface area contributed by atoms with Crippen LogP contribution in [0.15, 0.2) is 48.5 Å². The molecular formula is C16H20N2O2S. The van der Waals surface area contributed by atoms with Crippen LogP contribution in [0.4, 0.5) is 11.4 Å². The number of anilines is 2. The van der Waals surface area contributed by atoms with Crippen molar-refractivity contribution in [3.05, 3.63) is 59.7 Å². The van der Waals surface area contributed by atoms with E-state index < -0.39 is 9.84 Å². The molecule has 0 aliphatic heterocycles. The highest BCUT2D eigenvalue weighted by Gasteiger charge is 2.11. The molecule has 0 fully saturated rings. The van der Waals surface area contributed by atoms with Crippen LogP contribution in [-0.2, 0) is 22.7 Å². The summed E-state index contributed by atoms with van der Waals surface area (Å²) < 4.78 is 24.2. The first-order chi connectivity index (χ1) is 9.94. The second-order valence-electron chi connectivity index (χ2n) is 5.14. The number of sulfone groups is 1. The fourth-order valence-corrected chi connectivity index (χ4v) is 3.44. The van der Waals surface area contributed by atoms with Gasteiger partial charge in [-0.25, -0.2) is 8.42 Å². The van der Waals surface area contributed by atoms with Gasteiger partial charge in [0, 0.05) is 11.4 Å². The summed E-state index contributed by atoms with van der Waals surface area (Å²) in [5, 5.41) is 0. The molecule has 112 valence electrons. The molecule has 0 aliphatic carbocycles. The number of hydrogen-bond acceptors (Lipinski definition) is 4. The summed E-state index contributed by atoms with van der Waals surface area (Å²) >= 11 is 0. The number of hydrogen-bond donors (Lipinski definition) is 2. The quantitative estimate of drug-likeness (QED) is 0.800. The van der Waals surface area contributed by atoms with Crippen molar-refractivity contribution in [1.29, 1.82) is 0 Å². The summed E-state index contributed by atoms with van der Waals surface area (Å²) in [5.41, 5.74) is 14.6. The van der Waals surface area contributed by atoms with Gasteiger partial charge in [0.15, 0.2) is 9.84 Å². The van der Waals surface area contributed by atoms with E-state index in [0.717, 1.165) is 11.1 Å². The van der Waals surface area contributed by atoms with Crippen LogP contribution < -0.4 is 11.5 Å². The Morgan fingerprint density at radius 3 is 1.57 bits per heavy atom. The van der Waals surface area contributed by atoms with Gasteiger partial charge in [-0.3, -0.25) is 0 Å². The molecule has 0 atom stereocenters. The molecule has 0 spiro atoms. The van der Waals surface area contributed by atoms with Gasteiger partial charge in [-0.15, -0.1) is 0 Å². The Bertz CT molecular complexity index is 656. The first-order valence-electron chi connectivity index (χ1n) is 6.84. The lowest BCUT2D eigenvalue weighted by molar-refractivity contribution is 0.594. The molecule has 0 aromatic heterocycles. The van der Waals surface area contributed by atoms with Gasteiger partial charge in [0.05, 0.1) is 11.5 Å². The van der Waals surface area contributed by atoms with Crippen LogP contribution in [0, 0.1) is 0 Å². The van der Waals surface area contributed by atoms with Crippen LogP contribution >= 0.6 is 0 Å². The molecule has 0 radical (unpaired) electrons. The number of nitrogens with two attached hydrogens (primary N) is 2. The molecule has 0 amide bonds. The van der Waals surface area contributed by atoms with Gasteiger partial charge >= 0.3 is 0 Å². The van der Waals surface area contributed by atoms with Crippen LogP contribution in [0.3, 0.4) is 0 Å². The third kappa shape index (κ3) is 5.11. The van der Waals surface area contributed by atoms with Crippen molar-refractivity contribution < 1.29 is 8.42 Å². The molecule has 2 rings (SSSR count). The second-order valence-corrected chi connectivity index (χ2v) is 7.45. The minimum absolute atomic E-state index is 0.138. The molecule has 0 saturated heterocycles. The summed E-state index contributed by atoms with van der Waals surface area (Å²) in [6, 6.07) is 14.7. The fourth-order valence-electron chi connectivity index (χ4n) is 2.15. The molecule has 0 heterocycles. The second kappa shape index (κ2) is 6.63. The highest BCUT2D eigenvalue weighted by Crippen LogP contribution is 2.11. The fraction of sp³-hybridized carbons (Fsp3) is 0.250. The molecule has 0 bridgehead atoms. The monoisotopic (exact) mass is 304 g/mol. The average Bonchev–Trinajstić information content (AvgIpc) is 2.44. The highest BCUT2D eigenvalue weighted by atomic mass is 32.2. The molecule has 0 aliphatic rings. The lowest BCUT2D eigenvalue weighted by atomic mass is 10.1. The Hall–Kier alpha value is -2.01. The Kier molecular flexibility index (Phi) is 4.85. The van der Waals surface area contributed by atoms with E-state index >= 15 is 0 Å². The van der Waals surface area contributed by atoms with Crippen LogP contribution in [0.1, 0.15) is 11.1 Å². The SMILES string of the molecule is Nc1cccc(CCS(=O)(=O)CCc2cccc(N)c2)c1. The Balaban J connectivity index is 1.90. The van der Waals surface area contributed by atoms with Crippen LogP contribution in [0.2, 0.25) is 0 Å². The minimum atomic E-state index is -3.09. The Labute approximate surface area is 125 Å².